The lowest BCUT2D eigenvalue weighted by atomic mass is 10.1. The first-order valence-electron chi connectivity index (χ1n) is 6.22. The van der Waals surface area contributed by atoms with Crippen LogP contribution in [0.5, 0.6) is 0 Å². The summed E-state index contributed by atoms with van der Waals surface area (Å²) in [6.07, 6.45) is 0. The molecular weight excluding hydrogens is 403 g/mol. The van der Waals surface area contributed by atoms with Crippen LogP contribution in [0, 0.1) is 0 Å². The highest BCUT2D eigenvalue weighted by Crippen LogP contribution is 2.09. The van der Waals surface area contributed by atoms with Gasteiger partial charge in [0, 0.05) is 19.1 Å². The summed E-state index contributed by atoms with van der Waals surface area (Å²) in [6.45, 7) is 6.55. The van der Waals surface area contributed by atoms with Gasteiger partial charge in [0.05, 0.1) is 4.90 Å². The standard InChI is InChI=1S/C13H22N4O2S.HI/c1-13(2,3)17-12(15-4)16-9-10-6-5-7-11(8-10)20(14,18)19;/h5-8H,9H2,1-4H3,(H2,14,18,19)(H2,15,16,17);1H. The first kappa shape index (κ1) is 20.1. The second-order valence-electron chi connectivity index (χ2n) is 5.49. The molecular formula is C13H23IN4O2S. The number of primary sulfonamides is 1. The molecule has 0 aliphatic heterocycles. The second-order valence-corrected chi connectivity index (χ2v) is 7.05. The van der Waals surface area contributed by atoms with Gasteiger partial charge >= 0.3 is 0 Å². The average molecular weight is 426 g/mol. The van der Waals surface area contributed by atoms with Crippen LogP contribution in [-0.2, 0) is 16.6 Å². The number of guanidine groups is 1. The van der Waals surface area contributed by atoms with E-state index in [-0.39, 0.29) is 34.4 Å². The zero-order chi connectivity index (χ0) is 15.4. The van der Waals surface area contributed by atoms with Crippen molar-refractivity contribution in [3.05, 3.63) is 29.8 Å². The molecule has 21 heavy (non-hydrogen) atoms. The van der Waals surface area contributed by atoms with E-state index in [9.17, 15) is 8.42 Å². The summed E-state index contributed by atoms with van der Waals surface area (Å²) in [5.74, 6) is 0.651. The highest BCUT2D eigenvalue weighted by molar-refractivity contribution is 14.0. The van der Waals surface area contributed by atoms with Gasteiger partial charge in [0.25, 0.3) is 0 Å². The number of hydrogen-bond acceptors (Lipinski definition) is 3. The van der Waals surface area contributed by atoms with E-state index in [0.29, 0.717) is 12.5 Å². The van der Waals surface area contributed by atoms with Crippen molar-refractivity contribution in [2.24, 2.45) is 10.1 Å². The zero-order valence-electron chi connectivity index (χ0n) is 12.7. The quantitative estimate of drug-likeness (QED) is 0.387. The maximum atomic E-state index is 11.3. The minimum atomic E-state index is -3.67. The monoisotopic (exact) mass is 426 g/mol. The lowest BCUT2D eigenvalue weighted by Gasteiger charge is -2.23. The Labute approximate surface area is 143 Å². The molecule has 1 aromatic carbocycles. The minimum absolute atomic E-state index is 0. The second kappa shape index (κ2) is 7.95. The Hall–Kier alpha value is -0.870. The fraction of sp³-hybridized carbons (Fsp3) is 0.462. The topological polar surface area (TPSA) is 96.6 Å². The molecule has 0 heterocycles. The van der Waals surface area contributed by atoms with Gasteiger partial charge in [-0.3, -0.25) is 4.99 Å². The molecule has 0 atom stereocenters. The maximum absolute atomic E-state index is 11.3. The normalized spacial score (nSPS) is 12.5. The van der Waals surface area contributed by atoms with Crippen LogP contribution in [0.1, 0.15) is 26.3 Å². The molecule has 8 heteroatoms. The van der Waals surface area contributed by atoms with Crippen molar-refractivity contribution in [3.63, 3.8) is 0 Å². The highest BCUT2D eigenvalue weighted by Gasteiger charge is 2.12. The van der Waals surface area contributed by atoms with Crippen molar-refractivity contribution < 1.29 is 8.42 Å². The number of halogens is 1. The third kappa shape index (κ3) is 7.63. The van der Waals surface area contributed by atoms with Crippen molar-refractivity contribution in [1.29, 1.82) is 0 Å². The number of benzene rings is 1. The fourth-order valence-electron chi connectivity index (χ4n) is 1.55. The first-order valence-corrected chi connectivity index (χ1v) is 7.77. The molecule has 0 aromatic heterocycles. The predicted octanol–water partition coefficient (Wildman–Crippen LogP) is 1.42. The van der Waals surface area contributed by atoms with E-state index in [1.165, 1.54) is 6.07 Å². The number of hydrogen-bond donors (Lipinski definition) is 3. The molecule has 0 aliphatic carbocycles. The van der Waals surface area contributed by atoms with Gasteiger partial charge in [0.2, 0.25) is 10.0 Å². The summed E-state index contributed by atoms with van der Waals surface area (Å²) in [6, 6.07) is 6.51. The number of aliphatic imine (C=N–C) groups is 1. The largest absolute Gasteiger partial charge is 0.352 e. The molecule has 4 N–H and O–H groups in total. The third-order valence-electron chi connectivity index (χ3n) is 2.40. The Morgan fingerprint density at radius 1 is 1.33 bits per heavy atom. The van der Waals surface area contributed by atoms with E-state index in [2.05, 4.69) is 15.6 Å². The van der Waals surface area contributed by atoms with Gasteiger partial charge in [-0.1, -0.05) is 12.1 Å². The van der Waals surface area contributed by atoms with Crippen LogP contribution in [0.25, 0.3) is 0 Å². The Balaban J connectivity index is 0.00000400. The summed E-state index contributed by atoms with van der Waals surface area (Å²) in [5, 5.41) is 11.4. The molecule has 1 rings (SSSR count). The van der Waals surface area contributed by atoms with Crippen LogP contribution >= 0.6 is 24.0 Å². The van der Waals surface area contributed by atoms with Crippen LogP contribution in [-0.4, -0.2) is 27.0 Å². The van der Waals surface area contributed by atoms with E-state index in [1.54, 1.807) is 19.2 Å². The molecule has 6 nitrogen and oxygen atoms in total. The molecule has 1 aromatic rings. The highest BCUT2D eigenvalue weighted by atomic mass is 127. The van der Waals surface area contributed by atoms with Crippen LogP contribution in [0.15, 0.2) is 34.2 Å². The number of sulfonamides is 1. The van der Waals surface area contributed by atoms with E-state index < -0.39 is 10.0 Å². The maximum Gasteiger partial charge on any atom is 0.238 e. The smallest absolute Gasteiger partial charge is 0.238 e. The fourth-order valence-corrected chi connectivity index (χ4v) is 2.14. The van der Waals surface area contributed by atoms with Gasteiger partial charge in [-0.25, -0.2) is 13.6 Å². The van der Waals surface area contributed by atoms with Crippen molar-refractivity contribution in [1.82, 2.24) is 10.6 Å². The lowest BCUT2D eigenvalue weighted by molar-refractivity contribution is 0.501. The zero-order valence-corrected chi connectivity index (χ0v) is 15.8. The van der Waals surface area contributed by atoms with E-state index in [0.717, 1.165) is 5.56 Å². The van der Waals surface area contributed by atoms with Crippen LogP contribution < -0.4 is 15.8 Å². The molecule has 0 fully saturated rings. The van der Waals surface area contributed by atoms with Gasteiger partial charge < -0.3 is 10.6 Å². The summed E-state index contributed by atoms with van der Waals surface area (Å²) in [7, 11) is -1.99. The van der Waals surface area contributed by atoms with E-state index in [1.807, 2.05) is 26.8 Å². The number of nitrogens with zero attached hydrogens (tertiary/aromatic N) is 1. The summed E-state index contributed by atoms with van der Waals surface area (Å²) in [4.78, 5) is 4.22. The molecule has 0 aliphatic rings. The minimum Gasteiger partial charge on any atom is -0.352 e. The van der Waals surface area contributed by atoms with Crippen molar-refractivity contribution >= 4 is 40.0 Å². The average Bonchev–Trinajstić information content (AvgIpc) is 2.32. The van der Waals surface area contributed by atoms with Crippen molar-refractivity contribution in [2.45, 2.75) is 37.8 Å². The van der Waals surface area contributed by atoms with E-state index in [4.69, 9.17) is 5.14 Å². The summed E-state index contributed by atoms with van der Waals surface area (Å²) in [5.41, 5.74) is 0.706. The Kier molecular flexibility index (Phi) is 7.62. The molecule has 0 saturated carbocycles. The van der Waals surface area contributed by atoms with Crippen molar-refractivity contribution in [3.8, 4) is 0 Å². The van der Waals surface area contributed by atoms with Crippen LogP contribution in [0.4, 0.5) is 0 Å². The van der Waals surface area contributed by atoms with Gasteiger partial charge in [0.15, 0.2) is 5.96 Å². The molecule has 0 bridgehead atoms. The lowest BCUT2D eigenvalue weighted by Crippen LogP contribution is -2.47. The molecule has 0 saturated heterocycles. The molecule has 120 valence electrons. The van der Waals surface area contributed by atoms with Crippen LogP contribution in [0.3, 0.4) is 0 Å². The number of nitrogens with two attached hydrogens (primary N) is 1. The number of rotatable bonds is 3. The van der Waals surface area contributed by atoms with Gasteiger partial charge in [-0.05, 0) is 38.5 Å². The molecule has 0 radical (unpaired) electrons. The molecule has 0 spiro atoms. The molecule has 0 unspecified atom stereocenters. The first-order chi connectivity index (χ1) is 9.12. The number of nitrogens with one attached hydrogen (secondary N) is 2. The van der Waals surface area contributed by atoms with Crippen molar-refractivity contribution in [2.75, 3.05) is 7.05 Å². The van der Waals surface area contributed by atoms with E-state index >= 15 is 0 Å². The summed E-state index contributed by atoms with van der Waals surface area (Å²) >= 11 is 0. The Morgan fingerprint density at radius 3 is 2.43 bits per heavy atom. The molecule has 0 amide bonds. The Bertz CT molecular complexity index is 594. The van der Waals surface area contributed by atoms with Gasteiger partial charge in [-0.15, -0.1) is 24.0 Å². The Morgan fingerprint density at radius 2 is 1.95 bits per heavy atom. The van der Waals surface area contributed by atoms with Gasteiger partial charge in [-0.2, -0.15) is 0 Å². The third-order valence-corrected chi connectivity index (χ3v) is 3.31. The summed E-state index contributed by atoms with van der Waals surface area (Å²) < 4.78 is 22.6. The van der Waals surface area contributed by atoms with Crippen LogP contribution in [0.2, 0.25) is 0 Å². The van der Waals surface area contributed by atoms with Gasteiger partial charge in [0.1, 0.15) is 0 Å². The SMILES string of the molecule is CN=C(NCc1cccc(S(N)(=O)=O)c1)NC(C)(C)C.I. The predicted molar refractivity (Wildman–Crippen MR) is 96.3 cm³/mol.